The summed E-state index contributed by atoms with van der Waals surface area (Å²) in [6.45, 7) is 13.0. The molecule has 2 rings (SSSR count). The van der Waals surface area contributed by atoms with Crippen LogP contribution in [0.4, 0.5) is 0 Å². The van der Waals surface area contributed by atoms with E-state index in [2.05, 4.69) is 46.8 Å². The van der Waals surface area contributed by atoms with Gasteiger partial charge in [-0.2, -0.15) is 0 Å². The number of ether oxygens (including phenoxy) is 2. The van der Waals surface area contributed by atoms with Gasteiger partial charge in [0.15, 0.2) is 0 Å². The fourth-order valence-corrected chi connectivity index (χ4v) is 4.34. The second-order valence-corrected chi connectivity index (χ2v) is 9.32. The standard InChI is InChI=1S/C23H42O2/c1-6-8-9-10-13-22(3,4)24-15-14-23(5,7-2)25-18-21-17-19-11-12-20(21)16-19/h11-12,19-21H,6-10,13-18H2,1-5H3. The summed E-state index contributed by atoms with van der Waals surface area (Å²) in [6.07, 6.45) is 16.0. The van der Waals surface area contributed by atoms with Crippen LogP contribution in [0.25, 0.3) is 0 Å². The maximum Gasteiger partial charge on any atom is 0.0674 e. The highest BCUT2D eigenvalue weighted by molar-refractivity contribution is 5.10. The third-order valence-electron chi connectivity index (χ3n) is 6.57. The lowest BCUT2D eigenvalue weighted by atomic mass is 9.93. The molecule has 1 saturated carbocycles. The van der Waals surface area contributed by atoms with Gasteiger partial charge in [0.05, 0.1) is 24.4 Å². The van der Waals surface area contributed by atoms with Gasteiger partial charge in [0.1, 0.15) is 0 Å². The molecule has 0 aromatic rings. The summed E-state index contributed by atoms with van der Waals surface area (Å²) in [5.41, 5.74) is -0.0400. The molecular formula is C23H42O2. The van der Waals surface area contributed by atoms with Crippen LogP contribution in [-0.2, 0) is 9.47 Å². The maximum absolute atomic E-state index is 6.43. The third-order valence-corrected chi connectivity index (χ3v) is 6.57. The molecule has 0 aromatic carbocycles. The van der Waals surface area contributed by atoms with Crippen LogP contribution >= 0.6 is 0 Å². The normalized spacial score (nSPS) is 27.8. The zero-order valence-corrected chi connectivity index (χ0v) is 17.5. The lowest BCUT2D eigenvalue weighted by molar-refractivity contribution is -0.0934. The first kappa shape index (κ1) is 21.0. The van der Waals surface area contributed by atoms with E-state index >= 15 is 0 Å². The van der Waals surface area contributed by atoms with Crippen molar-refractivity contribution in [1.82, 2.24) is 0 Å². The monoisotopic (exact) mass is 350 g/mol. The van der Waals surface area contributed by atoms with Gasteiger partial charge in [-0.1, -0.05) is 51.7 Å². The number of rotatable bonds is 13. The van der Waals surface area contributed by atoms with E-state index in [9.17, 15) is 0 Å². The van der Waals surface area contributed by atoms with Crippen molar-refractivity contribution < 1.29 is 9.47 Å². The zero-order chi connectivity index (χ0) is 18.3. The van der Waals surface area contributed by atoms with Crippen molar-refractivity contribution in [1.29, 1.82) is 0 Å². The van der Waals surface area contributed by atoms with Crippen molar-refractivity contribution >= 4 is 0 Å². The van der Waals surface area contributed by atoms with Gasteiger partial charge < -0.3 is 9.47 Å². The Bertz CT molecular complexity index is 414. The summed E-state index contributed by atoms with van der Waals surface area (Å²) in [4.78, 5) is 0. The Morgan fingerprint density at radius 2 is 1.72 bits per heavy atom. The van der Waals surface area contributed by atoms with E-state index in [0.717, 1.165) is 50.2 Å². The first-order valence-corrected chi connectivity index (χ1v) is 10.8. The van der Waals surface area contributed by atoms with Crippen molar-refractivity contribution in [2.75, 3.05) is 13.2 Å². The Kier molecular flexibility index (Phi) is 8.01. The van der Waals surface area contributed by atoms with Gasteiger partial charge in [-0.15, -0.1) is 0 Å². The van der Waals surface area contributed by atoms with E-state index in [0.29, 0.717) is 0 Å². The van der Waals surface area contributed by atoms with Crippen molar-refractivity contribution in [2.45, 2.75) is 104 Å². The molecule has 25 heavy (non-hydrogen) atoms. The van der Waals surface area contributed by atoms with Crippen LogP contribution in [0, 0.1) is 17.8 Å². The van der Waals surface area contributed by atoms with Crippen molar-refractivity contribution in [3.63, 3.8) is 0 Å². The third kappa shape index (κ3) is 6.71. The predicted octanol–water partition coefficient (Wildman–Crippen LogP) is 6.54. The van der Waals surface area contributed by atoms with Gasteiger partial charge in [-0.05, 0) is 70.6 Å². The zero-order valence-electron chi connectivity index (χ0n) is 17.5. The minimum atomic E-state index is -0.0379. The highest BCUT2D eigenvalue weighted by Crippen LogP contribution is 2.44. The second-order valence-electron chi connectivity index (χ2n) is 9.32. The Morgan fingerprint density at radius 3 is 2.32 bits per heavy atom. The van der Waals surface area contributed by atoms with E-state index in [1.807, 2.05) is 0 Å². The average Bonchev–Trinajstić information content (AvgIpc) is 3.20. The molecule has 146 valence electrons. The Morgan fingerprint density at radius 1 is 0.920 bits per heavy atom. The number of unbranched alkanes of at least 4 members (excludes halogenated alkanes) is 3. The summed E-state index contributed by atoms with van der Waals surface area (Å²) in [5, 5.41) is 0. The Balaban J connectivity index is 1.66. The molecule has 0 aliphatic heterocycles. The van der Waals surface area contributed by atoms with Crippen molar-refractivity contribution in [3.8, 4) is 0 Å². The molecule has 1 fully saturated rings. The van der Waals surface area contributed by atoms with E-state index in [1.54, 1.807) is 0 Å². The SMILES string of the molecule is CCCCCCC(C)(C)OCCC(C)(CC)OCC1CC2C=CC1C2. The van der Waals surface area contributed by atoms with Crippen LogP contribution in [0.15, 0.2) is 12.2 Å². The van der Waals surface area contributed by atoms with Gasteiger partial charge in [-0.3, -0.25) is 0 Å². The van der Waals surface area contributed by atoms with Gasteiger partial charge in [0.25, 0.3) is 0 Å². The fourth-order valence-electron chi connectivity index (χ4n) is 4.34. The number of allylic oxidation sites excluding steroid dienone is 2. The molecule has 0 aromatic heterocycles. The van der Waals surface area contributed by atoms with E-state index < -0.39 is 0 Å². The lowest BCUT2D eigenvalue weighted by Gasteiger charge is -2.33. The topological polar surface area (TPSA) is 18.5 Å². The molecule has 2 nitrogen and oxygen atoms in total. The van der Waals surface area contributed by atoms with Crippen LogP contribution in [-0.4, -0.2) is 24.4 Å². The molecule has 0 amide bonds. The molecule has 4 atom stereocenters. The Labute approximate surface area is 156 Å². The van der Waals surface area contributed by atoms with Gasteiger partial charge in [0, 0.05) is 0 Å². The summed E-state index contributed by atoms with van der Waals surface area (Å²) in [6, 6.07) is 0. The van der Waals surface area contributed by atoms with Crippen LogP contribution in [0.2, 0.25) is 0 Å². The second kappa shape index (κ2) is 9.55. The summed E-state index contributed by atoms with van der Waals surface area (Å²) in [5.74, 6) is 2.37. The van der Waals surface area contributed by atoms with E-state index in [-0.39, 0.29) is 11.2 Å². The molecular weight excluding hydrogens is 308 g/mol. The minimum Gasteiger partial charge on any atom is -0.375 e. The molecule has 0 heterocycles. The first-order chi connectivity index (χ1) is 11.9. The molecule has 0 spiro atoms. The van der Waals surface area contributed by atoms with Crippen LogP contribution in [0.1, 0.15) is 92.4 Å². The predicted molar refractivity (Wildman–Crippen MR) is 107 cm³/mol. The van der Waals surface area contributed by atoms with E-state index in [4.69, 9.17) is 9.47 Å². The molecule has 0 N–H and O–H groups in total. The summed E-state index contributed by atoms with van der Waals surface area (Å²) >= 11 is 0. The highest BCUT2D eigenvalue weighted by Gasteiger charge is 2.37. The fraction of sp³-hybridized carbons (Fsp3) is 0.913. The molecule has 2 bridgehead atoms. The number of hydrogen-bond acceptors (Lipinski definition) is 2. The van der Waals surface area contributed by atoms with Crippen LogP contribution < -0.4 is 0 Å². The van der Waals surface area contributed by atoms with Crippen LogP contribution in [0.3, 0.4) is 0 Å². The quantitative estimate of drug-likeness (QED) is 0.277. The Hall–Kier alpha value is -0.340. The highest BCUT2D eigenvalue weighted by atomic mass is 16.5. The maximum atomic E-state index is 6.43. The average molecular weight is 351 g/mol. The molecule has 4 unspecified atom stereocenters. The lowest BCUT2D eigenvalue weighted by Crippen LogP contribution is -2.34. The number of fused-ring (bicyclic) bond motifs is 2. The summed E-state index contributed by atoms with van der Waals surface area (Å²) in [7, 11) is 0. The molecule has 0 saturated heterocycles. The molecule has 2 aliphatic rings. The first-order valence-electron chi connectivity index (χ1n) is 10.8. The van der Waals surface area contributed by atoms with Gasteiger partial charge in [0.2, 0.25) is 0 Å². The van der Waals surface area contributed by atoms with E-state index in [1.165, 1.54) is 38.5 Å². The van der Waals surface area contributed by atoms with Gasteiger partial charge >= 0.3 is 0 Å². The van der Waals surface area contributed by atoms with Gasteiger partial charge in [-0.25, -0.2) is 0 Å². The molecule has 0 radical (unpaired) electrons. The largest absolute Gasteiger partial charge is 0.375 e. The molecule has 2 heteroatoms. The smallest absolute Gasteiger partial charge is 0.0674 e. The van der Waals surface area contributed by atoms with Crippen molar-refractivity contribution in [3.05, 3.63) is 12.2 Å². The number of hydrogen-bond donors (Lipinski definition) is 0. The van der Waals surface area contributed by atoms with Crippen molar-refractivity contribution in [2.24, 2.45) is 17.8 Å². The molecule has 2 aliphatic carbocycles. The van der Waals surface area contributed by atoms with Crippen LogP contribution in [0.5, 0.6) is 0 Å². The summed E-state index contributed by atoms with van der Waals surface area (Å²) < 4.78 is 12.7. The minimum absolute atomic E-state index is 0.00219.